The third-order valence-electron chi connectivity index (χ3n) is 4.76. The van der Waals surface area contributed by atoms with Gasteiger partial charge in [0, 0.05) is 24.8 Å². The van der Waals surface area contributed by atoms with E-state index >= 15 is 0 Å². The molecule has 0 atom stereocenters. The van der Waals surface area contributed by atoms with Crippen molar-refractivity contribution in [2.45, 2.75) is 0 Å². The summed E-state index contributed by atoms with van der Waals surface area (Å²) < 4.78 is 38.0. The first kappa shape index (κ1) is 42.5. The van der Waals surface area contributed by atoms with Gasteiger partial charge in [-0.2, -0.15) is 14.6 Å². The van der Waals surface area contributed by atoms with Crippen LogP contribution in [0.2, 0.25) is 0 Å². The number of aromatic nitrogens is 8. The number of hydrogen-bond donors (Lipinski definition) is 1. The van der Waals surface area contributed by atoms with Crippen molar-refractivity contribution in [3.05, 3.63) is 150 Å². The molecule has 11 nitrogen and oxygen atoms in total. The molecular formula is C31H21Cs2F3N8O3. The smallest absolute Gasteiger partial charge is 1.00 e. The number of nitrogens with zero attached hydrogens (tertiary/aromatic N) is 7. The van der Waals surface area contributed by atoms with E-state index in [0.29, 0.717) is 11.5 Å². The molecule has 0 aliphatic heterocycles. The van der Waals surface area contributed by atoms with E-state index in [1.54, 1.807) is 47.9 Å². The second-order valence-corrected chi connectivity index (χ2v) is 7.92. The number of rotatable bonds is 2. The van der Waals surface area contributed by atoms with E-state index in [1.165, 1.54) is 6.07 Å². The Kier molecular flexibility index (Phi) is 23.0. The van der Waals surface area contributed by atoms with Gasteiger partial charge in [-0.1, -0.05) is 24.0 Å². The number of carbonyl (C=O) groups is 1. The Morgan fingerprint density at radius 1 is 0.745 bits per heavy atom. The molecular weight excluding hydrogens is 855 g/mol. The Morgan fingerprint density at radius 3 is 1.79 bits per heavy atom. The number of carbonyl (C=O) groups excluding carboxylic acids is 1. The fourth-order valence-corrected chi connectivity index (χ4v) is 2.84. The number of halogens is 3. The van der Waals surface area contributed by atoms with Gasteiger partial charge < -0.3 is 11.6 Å². The molecule has 16 heteroatoms. The van der Waals surface area contributed by atoms with Crippen LogP contribution in [0.1, 0.15) is 23.9 Å². The molecule has 0 saturated heterocycles. The van der Waals surface area contributed by atoms with Crippen LogP contribution in [0.15, 0.2) is 110 Å². The van der Waals surface area contributed by atoms with Gasteiger partial charge in [-0.25, -0.2) is 33.4 Å². The molecule has 0 saturated carbocycles. The van der Waals surface area contributed by atoms with Crippen molar-refractivity contribution in [2.24, 2.45) is 0 Å². The SMILES string of the molecule is C(#Cc1ccccn1)c1cn[nH]c1.Fc1ccc(-n2cc(C#Cc3ccccn3)cn2)nc1.Fc1ccc(F)nc1.O=CO[O-].[Cs+].[Cs+].[H-]. The van der Waals surface area contributed by atoms with E-state index in [-0.39, 0.29) is 152 Å². The zero-order valence-electron chi connectivity index (χ0n) is 26.0. The largest absolute Gasteiger partial charge is 1.00 e. The maximum Gasteiger partial charge on any atom is 1.00 e. The molecule has 0 aliphatic rings. The fourth-order valence-electron chi connectivity index (χ4n) is 2.84. The van der Waals surface area contributed by atoms with Crippen LogP contribution in [0.5, 0.6) is 0 Å². The molecule has 6 aromatic heterocycles. The van der Waals surface area contributed by atoms with Gasteiger partial charge in [0.15, 0.2) is 5.82 Å². The van der Waals surface area contributed by atoms with Crippen molar-refractivity contribution < 1.29 is 167 Å². The quantitative estimate of drug-likeness (QED) is 0.0647. The third kappa shape index (κ3) is 18.0. The molecule has 0 spiro atoms. The molecule has 0 unspecified atom stereocenters. The molecule has 47 heavy (non-hydrogen) atoms. The summed E-state index contributed by atoms with van der Waals surface area (Å²) in [6.07, 6.45) is 12.2. The van der Waals surface area contributed by atoms with Gasteiger partial charge in [-0.15, -0.1) is 0 Å². The Balaban J connectivity index is 0.000000683. The van der Waals surface area contributed by atoms with Crippen molar-refractivity contribution in [3.63, 3.8) is 0 Å². The summed E-state index contributed by atoms with van der Waals surface area (Å²) in [4.78, 5) is 26.4. The Bertz CT molecular complexity index is 1830. The molecule has 226 valence electrons. The van der Waals surface area contributed by atoms with Crippen molar-refractivity contribution >= 4 is 6.47 Å². The van der Waals surface area contributed by atoms with Gasteiger partial charge in [0.25, 0.3) is 6.47 Å². The van der Waals surface area contributed by atoms with E-state index in [1.807, 2.05) is 36.4 Å². The summed E-state index contributed by atoms with van der Waals surface area (Å²) in [5.74, 6) is 10.7. The fraction of sp³-hybridized carbons (Fsp3) is 0. The Hall–Kier alpha value is -2.54. The molecule has 0 radical (unpaired) electrons. The number of nitrogens with one attached hydrogen (secondary N) is 1. The number of hydrogen-bond acceptors (Lipinski definition) is 9. The molecule has 1 N–H and O–H groups in total. The zero-order valence-corrected chi connectivity index (χ0v) is 37.5. The van der Waals surface area contributed by atoms with E-state index in [2.05, 4.69) is 63.8 Å². The molecule has 0 aromatic carbocycles. The Morgan fingerprint density at radius 2 is 1.34 bits per heavy atom. The minimum Gasteiger partial charge on any atom is -1.00 e. The van der Waals surface area contributed by atoms with Crippen LogP contribution in [-0.4, -0.2) is 46.4 Å². The van der Waals surface area contributed by atoms with E-state index < -0.39 is 11.8 Å². The van der Waals surface area contributed by atoms with E-state index in [0.717, 1.165) is 41.3 Å². The van der Waals surface area contributed by atoms with Gasteiger partial charge in [0.2, 0.25) is 5.95 Å². The first-order valence-electron chi connectivity index (χ1n) is 12.5. The molecule has 6 rings (SSSR count). The van der Waals surface area contributed by atoms with Crippen LogP contribution in [0.3, 0.4) is 0 Å². The maximum atomic E-state index is 12.8. The minimum absolute atomic E-state index is 0. The summed E-state index contributed by atoms with van der Waals surface area (Å²) in [5, 5.41) is 19.0. The molecule has 0 aliphatic carbocycles. The summed E-state index contributed by atoms with van der Waals surface area (Å²) in [7, 11) is 0. The molecule has 6 aromatic rings. The van der Waals surface area contributed by atoms with Crippen LogP contribution in [0.4, 0.5) is 13.2 Å². The average Bonchev–Trinajstić information content (AvgIpc) is 3.79. The minimum atomic E-state index is -0.661. The summed E-state index contributed by atoms with van der Waals surface area (Å²) in [6, 6.07) is 16.1. The van der Waals surface area contributed by atoms with Gasteiger partial charge in [0.05, 0.1) is 35.9 Å². The predicted molar refractivity (Wildman–Crippen MR) is 153 cm³/mol. The number of pyridine rings is 4. The standard InChI is InChI=1S/C15H9FN4.C10H7N3.C5H3F2N.CH2O3.2Cs.H/c16-13-5-7-15(18-10-13)20-11-12(9-19-20)4-6-14-3-1-2-8-17-14;1-2-6-11-10(3-1)5-4-9-7-12-13-8-9;6-4-1-2-5(7)8-3-4;2-1-4-3;;;/h1-3,5,7-11H;1-3,6-8H,(H,12,13);1-3H;1,3H;;;/q;;;;2*+1;-1/p-1. The van der Waals surface area contributed by atoms with E-state index in [9.17, 15) is 13.2 Å². The van der Waals surface area contributed by atoms with Gasteiger partial charge in [0.1, 0.15) is 23.0 Å². The molecule has 6 heterocycles. The summed E-state index contributed by atoms with van der Waals surface area (Å²) in [6.45, 7) is -0.181. The van der Waals surface area contributed by atoms with Crippen LogP contribution in [0, 0.1) is 41.3 Å². The number of aromatic amines is 1. The normalized spacial score (nSPS) is 8.68. The first-order chi connectivity index (χ1) is 22.0. The van der Waals surface area contributed by atoms with Gasteiger partial charge in [-0.3, -0.25) is 9.89 Å². The molecule has 0 amide bonds. The third-order valence-corrected chi connectivity index (χ3v) is 4.76. The second-order valence-electron chi connectivity index (χ2n) is 7.92. The predicted octanol–water partition coefficient (Wildman–Crippen LogP) is -2.68. The van der Waals surface area contributed by atoms with Crippen molar-refractivity contribution in [2.75, 3.05) is 0 Å². The second kappa shape index (κ2) is 25.5. The van der Waals surface area contributed by atoms with Crippen molar-refractivity contribution in [1.82, 2.24) is 39.9 Å². The van der Waals surface area contributed by atoms with Crippen LogP contribution >= 0.6 is 0 Å². The topological polar surface area (TPSA) is 147 Å². The Labute approximate surface area is 386 Å². The number of H-pyrrole nitrogens is 1. The first-order valence-corrected chi connectivity index (χ1v) is 12.5. The monoisotopic (exact) mass is 876 g/mol. The molecule has 0 bridgehead atoms. The van der Waals surface area contributed by atoms with Crippen LogP contribution in [-0.2, 0) is 9.68 Å². The van der Waals surface area contributed by atoms with E-state index in [4.69, 9.17) is 10.1 Å². The van der Waals surface area contributed by atoms with Gasteiger partial charge in [-0.05, 0) is 60.4 Å². The van der Waals surface area contributed by atoms with Crippen LogP contribution < -0.4 is 143 Å². The summed E-state index contributed by atoms with van der Waals surface area (Å²) in [5.41, 5.74) is 3.07. The van der Waals surface area contributed by atoms with Crippen LogP contribution in [0.25, 0.3) is 5.82 Å². The molecule has 0 fully saturated rings. The van der Waals surface area contributed by atoms with Crippen molar-refractivity contribution in [1.29, 1.82) is 0 Å². The zero-order chi connectivity index (χ0) is 32.1. The maximum absolute atomic E-state index is 12.8. The average molecular weight is 876 g/mol. The van der Waals surface area contributed by atoms with Gasteiger partial charge >= 0.3 is 138 Å². The van der Waals surface area contributed by atoms with Crippen molar-refractivity contribution in [3.8, 4) is 29.5 Å². The summed E-state index contributed by atoms with van der Waals surface area (Å²) >= 11 is 0.